The third-order valence-corrected chi connectivity index (χ3v) is 4.33. The van der Waals surface area contributed by atoms with Crippen molar-refractivity contribution in [3.63, 3.8) is 0 Å². The largest absolute Gasteiger partial charge is 0.316 e. The van der Waals surface area contributed by atoms with Crippen LogP contribution in [0.25, 0.3) is 0 Å². The standard InChI is InChI=1S/C17H34N4/c1-6-9-10-17(7-2,13-18-8-3)11-16-19-14-20-21(16)12-15(4)5/h14-15,18H,6-13H2,1-5H3. The summed E-state index contributed by atoms with van der Waals surface area (Å²) in [6.45, 7) is 14.3. The Morgan fingerprint density at radius 3 is 2.62 bits per heavy atom. The molecule has 1 heterocycles. The van der Waals surface area contributed by atoms with Crippen molar-refractivity contribution in [1.82, 2.24) is 20.1 Å². The maximum absolute atomic E-state index is 4.54. The number of aromatic nitrogens is 3. The molecule has 1 unspecified atom stereocenters. The normalized spacial score (nSPS) is 14.6. The summed E-state index contributed by atoms with van der Waals surface area (Å²) < 4.78 is 2.10. The third-order valence-electron chi connectivity index (χ3n) is 4.33. The van der Waals surface area contributed by atoms with Crippen LogP contribution in [-0.4, -0.2) is 27.9 Å². The molecule has 122 valence electrons. The monoisotopic (exact) mass is 294 g/mol. The Morgan fingerprint density at radius 1 is 1.29 bits per heavy atom. The maximum Gasteiger partial charge on any atom is 0.138 e. The second kappa shape index (κ2) is 9.19. The van der Waals surface area contributed by atoms with Crippen LogP contribution in [0.1, 0.15) is 66.1 Å². The van der Waals surface area contributed by atoms with Gasteiger partial charge >= 0.3 is 0 Å². The molecule has 1 aromatic heterocycles. The quantitative estimate of drug-likeness (QED) is 0.677. The summed E-state index contributed by atoms with van der Waals surface area (Å²) in [4.78, 5) is 4.54. The molecule has 0 saturated heterocycles. The highest BCUT2D eigenvalue weighted by atomic mass is 15.3. The first-order valence-electron chi connectivity index (χ1n) is 8.64. The maximum atomic E-state index is 4.54. The average molecular weight is 294 g/mol. The lowest BCUT2D eigenvalue weighted by molar-refractivity contribution is 0.221. The van der Waals surface area contributed by atoms with E-state index in [1.54, 1.807) is 6.33 Å². The molecule has 4 nitrogen and oxygen atoms in total. The van der Waals surface area contributed by atoms with Gasteiger partial charge in [0, 0.05) is 19.5 Å². The van der Waals surface area contributed by atoms with Crippen LogP contribution in [0.3, 0.4) is 0 Å². The number of unbranched alkanes of at least 4 members (excludes halogenated alkanes) is 1. The minimum Gasteiger partial charge on any atom is -0.316 e. The van der Waals surface area contributed by atoms with Gasteiger partial charge in [-0.25, -0.2) is 9.67 Å². The van der Waals surface area contributed by atoms with Crippen molar-refractivity contribution in [3.8, 4) is 0 Å². The molecule has 0 spiro atoms. The van der Waals surface area contributed by atoms with Gasteiger partial charge in [-0.05, 0) is 30.7 Å². The highest BCUT2D eigenvalue weighted by Gasteiger charge is 2.29. The van der Waals surface area contributed by atoms with Gasteiger partial charge in [0.2, 0.25) is 0 Å². The molecule has 0 radical (unpaired) electrons. The van der Waals surface area contributed by atoms with E-state index < -0.39 is 0 Å². The van der Waals surface area contributed by atoms with Crippen LogP contribution in [-0.2, 0) is 13.0 Å². The molecule has 1 rings (SSSR count). The molecule has 0 aliphatic carbocycles. The van der Waals surface area contributed by atoms with Crippen molar-refractivity contribution in [1.29, 1.82) is 0 Å². The topological polar surface area (TPSA) is 42.7 Å². The molecule has 0 aliphatic heterocycles. The predicted molar refractivity (Wildman–Crippen MR) is 89.4 cm³/mol. The number of hydrogen-bond donors (Lipinski definition) is 1. The molecule has 1 atom stereocenters. The first-order chi connectivity index (χ1) is 10.1. The van der Waals surface area contributed by atoms with Crippen LogP contribution in [0.2, 0.25) is 0 Å². The van der Waals surface area contributed by atoms with Gasteiger partial charge in [0.1, 0.15) is 12.2 Å². The van der Waals surface area contributed by atoms with E-state index in [1.165, 1.54) is 25.7 Å². The average Bonchev–Trinajstić information content (AvgIpc) is 2.88. The second-order valence-electron chi connectivity index (χ2n) is 6.67. The molecule has 0 bridgehead atoms. The van der Waals surface area contributed by atoms with Gasteiger partial charge in [0.25, 0.3) is 0 Å². The van der Waals surface area contributed by atoms with Crippen LogP contribution in [0.4, 0.5) is 0 Å². The summed E-state index contributed by atoms with van der Waals surface area (Å²) in [5, 5.41) is 7.98. The van der Waals surface area contributed by atoms with Crippen molar-refractivity contribution in [2.75, 3.05) is 13.1 Å². The summed E-state index contributed by atoms with van der Waals surface area (Å²) >= 11 is 0. The molecule has 0 fully saturated rings. The van der Waals surface area contributed by atoms with Crippen LogP contribution in [0, 0.1) is 11.3 Å². The highest BCUT2D eigenvalue weighted by molar-refractivity contribution is 4.95. The zero-order valence-corrected chi connectivity index (χ0v) is 14.7. The van der Waals surface area contributed by atoms with E-state index in [-0.39, 0.29) is 0 Å². The fraction of sp³-hybridized carbons (Fsp3) is 0.882. The summed E-state index contributed by atoms with van der Waals surface area (Å²) in [5.74, 6) is 1.76. The second-order valence-corrected chi connectivity index (χ2v) is 6.67. The highest BCUT2D eigenvalue weighted by Crippen LogP contribution is 2.32. The van der Waals surface area contributed by atoms with Gasteiger partial charge < -0.3 is 5.32 Å². The Bertz CT molecular complexity index is 376. The summed E-state index contributed by atoms with van der Waals surface area (Å²) in [5.41, 5.74) is 0.313. The molecular formula is C17H34N4. The van der Waals surface area contributed by atoms with Gasteiger partial charge in [-0.2, -0.15) is 5.10 Å². The van der Waals surface area contributed by atoms with Gasteiger partial charge in [-0.3, -0.25) is 0 Å². The van der Waals surface area contributed by atoms with E-state index in [9.17, 15) is 0 Å². The van der Waals surface area contributed by atoms with E-state index in [2.05, 4.69) is 54.7 Å². The third kappa shape index (κ3) is 5.77. The molecule has 4 heteroatoms. The van der Waals surface area contributed by atoms with E-state index in [4.69, 9.17) is 0 Å². The number of nitrogens with one attached hydrogen (secondary N) is 1. The summed E-state index contributed by atoms with van der Waals surface area (Å²) in [7, 11) is 0. The van der Waals surface area contributed by atoms with Crippen LogP contribution >= 0.6 is 0 Å². The lowest BCUT2D eigenvalue weighted by Gasteiger charge is -2.33. The molecule has 0 saturated carbocycles. The molecule has 21 heavy (non-hydrogen) atoms. The van der Waals surface area contributed by atoms with Gasteiger partial charge in [-0.1, -0.05) is 47.5 Å². The zero-order chi connectivity index (χ0) is 15.7. The van der Waals surface area contributed by atoms with Crippen molar-refractivity contribution >= 4 is 0 Å². The first kappa shape index (κ1) is 18.1. The fourth-order valence-electron chi connectivity index (χ4n) is 2.87. The van der Waals surface area contributed by atoms with Crippen LogP contribution in [0.15, 0.2) is 6.33 Å². The van der Waals surface area contributed by atoms with Crippen molar-refractivity contribution in [3.05, 3.63) is 12.2 Å². The number of hydrogen-bond acceptors (Lipinski definition) is 3. The Kier molecular flexibility index (Phi) is 7.94. The molecule has 1 aromatic rings. The van der Waals surface area contributed by atoms with Gasteiger partial charge in [0.15, 0.2) is 0 Å². The summed E-state index contributed by atoms with van der Waals surface area (Å²) in [6, 6.07) is 0. The Morgan fingerprint density at radius 2 is 2.05 bits per heavy atom. The minimum absolute atomic E-state index is 0.313. The van der Waals surface area contributed by atoms with Gasteiger partial charge in [-0.15, -0.1) is 0 Å². The lowest BCUT2D eigenvalue weighted by Crippen LogP contribution is -2.37. The Balaban J connectivity index is 2.85. The van der Waals surface area contributed by atoms with E-state index in [0.717, 1.165) is 31.9 Å². The molecular weight excluding hydrogens is 260 g/mol. The first-order valence-corrected chi connectivity index (χ1v) is 8.64. The minimum atomic E-state index is 0.313. The molecule has 0 aromatic carbocycles. The lowest BCUT2D eigenvalue weighted by atomic mass is 9.77. The van der Waals surface area contributed by atoms with Crippen LogP contribution < -0.4 is 5.32 Å². The zero-order valence-electron chi connectivity index (χ0n) is 14.7. The van der Waals surface area contributed by atoms with Crippen LogP contribution in [0.5, 0.6) is 0 Å². The molecule has 0 aliphatic rings. The predicted octanol–water partition coefficient (Wildman–Crippen LogP) is 3.67. The van der Waals surface area contributed by atoms with Gasteiger partial charge in [0.05, 0.1) is 0 Å². The SMILES string of the molecule is CCCCC(CC)(CNCC)Cc1ncnn1CC(C)C. The van der Waals surface area contributed by atoms with E-state index >= 15 is 0 Å². The van der Waals surface area contributed by atoms with E-state index in [0.29, 0.717) is 11.3 Å². The fourth-order valence-corrected chi connectivity index (χ4v) is 2.87. The smallest absolute Gasteiger partial charge is 0.138 e. The van der Waals surface area contributed by atoms with Crippen molar-refractivity contribution in [2.45, 2.75) is 73.3 Å². The Hall–Kier alpha value is -0.900. The number of rotatable bonds is 11. The molecule has 1 N–H and O–H groups in total. The van der Waals surface area contributed by atoms with Crippen molar-refractivity contribution < 1.29 is 0 Å². The summed E-state index contributed by atoms with van der Waals surface area (Å²) in [6.07, 6.45) is 7.74. The van der Waals surface area contributed by atoms with E-state index in [1.807, 2.05) is 0 Å². The number of nitrogens with zero attached hydrogens (tertiary/aromatic N) is 3. The van der Waals surface area contributed by atoms with Crippen molar-refractivity contribution in [2.24, 2.45) is 11.3 Å². The Labute approximate surface area is 130 Å². The molecule has 0 amide bonds.